The Balaban J connectivity index is 2.86. The Labute approximate surface area is 93.9 Å². The van der Waals surface area contributed by atoms with E-state index in [0.717, 1.165) is 17.3 Å². The normalized spacial score (nSPS) is 12.1. The first-order valence-corrected chi connectivity index (χ1v) is 5.61. The molecule has 0 N–H and O–H groups in total. The van der Waals surface area contributed by atoms with Crippen LogP contribution >= 0.6 is 15.9 Å². The first kappa shape index (κ1) is 11.3. The fraction of sp³-hybridized carbons (Fsp3) is 0.417. The number of halogens is 1. The number of rotatable bonds is 3. The molecule has 0 bridgehead atoms. The standard InChI is InChI=1S/C12H14BrN/c1-3-10(8-14)6-11-7-12(13)5-4-9(11)2/h4-5,7,10H,3,6H2,1-2H3. The summed E-state index contributed by atoms with van der Waals surface area (Å²) in [5, 5.41) is 8.89. The second-order valence-electron chi connectivity index (χ2n) is 3.51. The van der Waals surface area contributed by atoms with Crippen LogP contribution in [0.25, 0.3) is 0 Å². The molecule has 0 saturated heterocycles. The van der Waals surface area contributed by atoms with E-state index in [1.165, 1.54) is 11.1 Å². The summed E-state index contributed by atoms with van der Waals surface area (Å²) in [6, 6.07) is 8.56. The van der Waals surface area contributed by atoms with E-state index in [2.05, 4.69) is 48.0 Å². The Bertz CT molecular complexity index is 352. The fourth-order valence-corrected chi connectivity index (χ4v) is 1.82. The smallest absolute Gasteiger partial charge is 0.0659 e. The number of nitrogens with zero attached hydrogens (tertiary/aromatic N) is 1. The molecule has 0 saturated carbocycles. The van der Waals surface area contributed by atoms with Crippen LogP contribution in [-0.2, 0) is 6.42 Å². The summed E-state index contributed by atoms with van der Waals surface area (Å²) in [5.74, 6) is 0.142. The topological polar surface area (TPSA) is 23.8 Å². The molecule has 0 amide bonds. The summed E-state index contributed by atoms with van der Waals surface area (Å²) in [7, 11) is 0. The van der Waals surface area contributed by atoms with Gasteiger partial charge in [-0.2, -0.15) is 5.26 Å². The van der Waals surface area contributed by atoms with E-state index >= 15 is 0 Å². The predicted octanol–water partition coefficient (Wildman–Crippen LogP) is 3.85. The molecule has 1 rings (SSSR count). The van der Waals surface area contributed by atoms with Crippen molar-refractivity contribution < 1.29 is 0 Å². The molecule has 0 aliphatic rings. The van der Waals surface area contributed by atoms with Crippen molar-refractivity contribution in [1.82, 2.24) is 0 Å². The van der Waals surface area contributed by atoms with E-state index in [1.54, 1.807) is 0 Å². The Kier molecular flexibility index (Phi) is 4.16. The monoisotopic (exact) mass is 251 g/mol. The van der Waals surface area contributed by atoms with Crippen LogP contribution in [0.4, 0.5) is 0 Å². The summed E-state index contributed by atoms with van der Waals surface area (Å²) in [4.78, 5) is 0. The minimum atomic E-state index is 0.142. The molecular weight excluding hydrogens is 238 g/mol. The maximum Gasteiger partial charge on any atom is 0.0659 e. The van der Waals surface area contributed by atoms with Crippen molar-refractivity contribution in [2.24, 2.45) is 5.92 Å². The van der Waals surface area contributed by atoms with Gasteiger partial charge in [0.25, 0.3) is 0 Å². The van der Waals surface area contributed by atoms with Gasteiger partial charge in [-0.15, -0.1) is 0 Å². The van der Waals surface area contributed by atoms with Gasteiger partial charge < -0.3 is 0 Å². The molecule has 1 aromatic rings. The second kappa shape index (κ2) is 5.17. The first-order valence-electron chi connectivity index (χ1n) is 4.82. The van der Waals surface area contributed by atoms with Gasteiger partial charge in [-0.05, 0) is 43.0 Å². The van der Waals surface area contributed by atoms with Gasteiger partial charge in [0.15, 0.2) is 0 Å². The molecule has 0 heterocycles. The lowest BCUT2D eigenvalue weighted by Crippen LogP contribution is -2.01. The molecule has 2 heteroatoms. The van der Waals surface area contributed by atoms with Crippen LogP contribution in [0.3, 0.4) is 0 Å². The highest BCUT2D eigenvalue weighted by molar-refractivity contribution is 9.10. The Morgan fingerprint density at radius 1 is 1.50 bits per heavy atom. The van der Waals surface area contributed by atoms with Gasteiger partial charge in [0.1, 0.15) is 0 Å². The van der Waals surface area contributed by atoms with Gasteiger partial charge in [-0.25, -0.2) is 0 Å². The molecule has 0 radical (unpaired) electrons. The Morgan fingerprint density at radius 2 is 2.21 bits per heavy atom. The zero-order valence-corrected chi connectivity index (χ0v) is 10.1. The highest BCUT2D eigenvalue weighted by Gasteiger charge is 2.07. The van der Waals surface area contributed by atoms with Crippen LogP contribution in [-0.4, -0.2) is 0 Å². The highest BCUT2D eigenvalue weighted by Crippen LogP contribution is 2.20. The van der Waals surface area contributed by atoms with E-state index in [4.69, 9.17) is 5.26 Å². The van der Waals surface area contributed by atoms with Crippen molar-refractivity contribution in [3.63, 3.8) is 0 Å². The average Bonchev–Trinajstić information content (AvgIpc) is 2.19. The fourth-order valence-electron chi connectivity index (χ4n) is 1.41. The van der Waals surface area contributed by atoms with E-state index in [-0.39, 0.29) is 5.92 Å². The number of benzene rings is 1. The third-order valence-electron chi connectivity index (χ3n) is 2.45. The van der Waals surface area contributed by atoms with E-state index in [0.29, 0.717) is 0 Å². The van der Waals surface area contributed by atoms with Gasteiger partial charge in [0, 0.05) is 4.47 Å². The van der Waals surface area contributed by atoms with Crippen molar-refractivity contribution in [2.45, 2.75) is 26.7 Å². The van der Waals surface area contributed by atoms with Crippen molar-refractivity contribution in [2.75, 3.05) is 0 Å². The van der Waals surface area contributed by atoms with E-state index < -0.39 is 0 Å². The largest absolute Gasteiger partial charge is 0.198 e. The lowest BCUT2D eigenvalue weighted by atomic mass is 9.95. The first-order chi connectivity index (χ1) is 6.67. The second-order valence-corrected chi connectivity index (χ2v) is 4.42. The minimum absolute atomic E-state index is 0.142. The van der Waals surface area contributed by atoms with Gasteiger partial charge in [0.05, 0.1) is 12.0 Å². The molecule has 0 spiro atoms. The summed E-state index contributed by atoms with van der Waals surface area (Å²) < 4.78 is 1.09. The summed E-state index contributed by atoms with van der Waals surface area (Å²) >= 11 is 3.45. The number of hydrogen-bond acceptors (Lipinski definition) is 1. The molecule has 74 valence electrons. The van der Waals surface area contributed by atoms with Crippen molar-refractivity contribution in [3.05, 3.63) is 33.8 Å². The molecular formula is C12H14BrN. The molecule has 14 heavy (non-hydrogen) atoms. The van der Waals surface area contributed by atoms with Gasteiger partial charge in [0.2, 0.25) is 0 Å². The van der Waals surface area contributed by atoms with Crippen molar-refractivity contribution in [1.29, 1.82) is 5.26 Å². The minimum Gasteiger partial charge on any atom is -0.198 e. The molecule has 1 aromatic carbocycles. The number of hydrogen-bond donors (Lipinski definition) is 0. The Morgan fingerprint density at radius 3 is 2.79 bits per heavy atom. The molecule has 0 aliphatic carbocycles. The van der Waals surface area contributed by atoms with E-state index in [9.17, 15) is 0 Å². The third kappa shape index (κ3) is 2.85. The zero-order valence-electron chi connectivity index (χ0n) is 8.55. The highest BCUT2D eigenvalue weighted by atomic mass is 79.9. The van der Waals surface area contributed by atoms with Gasteiger partial charge >= 0.3 is 0 Å². The summed E-state index contributed by atoms with van der Waals surface area (Å²) in [6.45, 7) is 4.15. The van der Waals surface area contributed by atoms with Crippen LogP contribution in [0.15, 0.2) is 22.7 Å². The molecule has 0 aliphatic heterocycles. The maximum atomic E-state index is 8.89. The van der Waals surface area contributed by atoms with Crippen molar-refractivity contribution in [3.8, 4) is 6.07 Å². The quantitative estimate of drug-likeness (QED) is 0.801. The molecule has 0 fully saturated rings. The third-order valence-corrected chi connectivity index (χ3v) is 2.95. The maximum absolute atomic E-state index is 8.89. The Hall–Kier alpha value is -0.810. The van der Waals surface area contributed by atoms with Crippen LogP contribution in [0.1, 0.15) is 24.5 Å². The van der Waals surface area contributed by atoms with Crippen LogP contribution in [0.2, 0.25) is 0 Å². The average molecular weight is 252 g/mol. The van der Waals surface area contributed by atoms with E-state index in [1.807, 2.05) is 6.07 Å². The predicted molar refractivity (Wildman–Crippen MR) is 62.0 cm³/mol. The SMILES string of the molecule is CCC(C#N)Cc1cc(Br)ccc1C. The lowest BCUT2D eigenvalue weighted by Gasteiger charge is -2.09. The lowest BCUT2D eigenvalue weighted by molar-refractivity contribution is 0.636. The van der Waals surface area contributed by atoms with Crippen molar-refractivity contribution >= 4 is 15.9 Å². The molecule has 0 aromatic heterocycles. The molecule has 1 nitrogen and oxygen atoms in total. The number of nitriles is 1. The molecule has 1 unspecified atom stereocenters. The molecule has 1 atom stereocenters. The number of aryl methyl sites for hydroxylation is 1. The van der Waals surface area contributed by atoms with Crippen LogP contribution in [0, 0.1) is 24.2 Å². The summed E-state index contributed by atoms with van der Waals surface area (Å²) in [5.41, 5.74) is 2.54. The van der Waals surface area contributed by atoms with Gasteiger partial charge in [-0.3, -0.25) is 0 Å². The zero-order chi connectivity index (χ0) is 10.6. The van der Waals surface area contributed by atoms with Gasteiger partial charge in [-0.1, -0.05) is 28.9 Å². The summed E-state index contributed by atoms with van der Waals surface area (Å²) in [6.07, 6.45) is 1.78. The van der Waals surface area contributed by atoms with Crippen LogP contribution in [0.5, 0.6) is 0 Å². The van der Waals surface area contributed by atoms with Crippen LogP contribution < -0.4 is 0 Å².